The van der Waals surface area contributed by atoms with Gasteiger partial charge in [0, 0.05) is 74.2 Å². The Kier molecular flexibility index (Phi) is 7.24. The molecule has 0 radical (unpaired) electrons. The quantitative estimate of drug-likeness (QED) is 0.175. The fourth-order valence-corrected chi connectivity index (χ4v) is 11.0. The number of benzene rings is 8. The second kappa shape index (κ2) is 12.8. The van der Waals surface area contributed by atoms with E-state index >= 15 is 0 Å². The Morgan fingerprint density at radius 3 is 1.42 bits per heavy atom. The summed E-state index contributed by atoms with van der Waals surface area (Å²) in [6, 6.07) is 64.8. The molecule has 4 heterocycles. The lowest BCUT2D eigenvalue weighted by atomic mass is 10.00. The minimum absolute atomic E-state index is 0.661. The molecule has 0 aliphatic carbocycles. The smallest absolute Gasteiger partial charge is 0.164 e. The van der Waals surface area contributed by atoms with E-state index in [0.29, 0.717) is 17.5 Å². The van der Waals surface area contributed by atoms with Gasteiger partial charge in [0.15, 0.2) is 17.5 Å². The maximum Gasteiger partial charge on any atom is 0.164 e. The van der Waals surface area contributed by atoms with Gasteiger partial charge in [0.2, 0.25) is 0 Å². The van der Waals surface area contributed by atoms with E-state index < -0.39 is 0 Å². The molecule has 0 fully saturated rings. The Labute approximate surface area is 335 Å². The highest BCUT2D eigenvalue weighted by Crippen LogP contribution is 2.47. The van der Waals surface area contributed by atoms with Crippen LogP contribution in [0.3, 0.4) is 0 Å². The van der Waals surface area contributed by atoms with Crippen molar-refractivity contribution in [1.82, 2.24) is 19.5 Å². The van der Waals surface area contributed by atoms with Crippen molar-refractivity contribution < 1.29 is 0 Å². The van der Waals surface area contributed by atoms with Gasteiger partial charge in [-0.15, -0.1) is 22.7 Å². The third-order valence-corrected chi connectivity index (χ3v) is 13.6. The predicted molar refractivity (Wildman–Crippen MR) is 242 cm³/mol. The Morgan fingerprint density at radius 1 is 0.333 bits per heavy atom. The van der Waals surface area contributed by atoms with Crippen molar-refractivity contribution in [3.63, 3.8) is 0 Å². The first-order valence-corrected chi connectivity index (χ1v) is 20.7. The summed E-state index contributed by atoms with van der Waals surface area (Å²) < 4.78 is 7.56. The maximum absolute atomic E-state index is 5.03. The monoisotopic (exact) mass is 762 g/mol. The largest absolute Gasteiger partial charge is 0.308 e. The fourth-order valence-electron chi connectivity index (χ4n) is 8.46. The van der Waals surface area contributed by atoms with Crippen LogP contribution >= 0.6 is 22.7 Å². The summed E-state index contributed by atoms with van der Waals surface area (Å²) in [5.41, 5.74) is 9.07. The van der Waals surface area contributed by atoms with Gasteiger partial charge in [0.25, 0.3) is 0 Å². The summed E-state index contributed by atoms with van der Waals surface area (Å²) in [7, 11) is 0. The first kappa shape index (κ1) is 32.3. The molecule has 0 aliphatic rings. The molecule has 0 bridgehead atoms. The zero-order chi connectivity index (χ0) is 37.5. The van der Waals surface area contributed by atoms with Crippen molar-refractivity contribution in [3.05, 3.63) is 182 Å². The van der Waals surface area contributed by atoms with Gasteiger partial charge in [-0.2, -0.15) is 0 Å². The Balaban J connectivity index is 1.03. The third kappa shape index (κ3) is 5.08. The lowest BCUT2D eigenvalue weighted by Gasteiger charge is -2.09. The molecular formula is C51H30N4S2. The molecule has 4 nitrogen and oxygen atoms in total. The lowest BCUT2D eigenvalue weighted by molar-refractivity contribution is 1.07. The molecule has 266 valence electrons. The van der Waals surface area contributed by atoms with E-state index in [1.165, 1.54) is 79.0 Å². The molecule has 0 aliphatic heterocycles. The number of hydrogen-bond donors (Lipinski definition) is 0. The highest BCUT2D eigenvalue weighted by Gasteiger charge is 2.20. The fraction of sp³-hybridized carbons (Fsp3) is 0. The van der Waals surface area contributed by atoms with Crippen LogP contribution < -0.4 is 0 Å². The maximum atomic E-state index is 5.03. The molecule has 57 heavy (non-hydrogen) atoms. The number of nitrogens with zero attached hydrogens (tertiary/aromatic N) is 4. The summed E-state index contributed by atoms with van der Waals surface area (Å²) in [5, 5.41) is 7.55. The van der Waals surface area contributed by atoms with Gasteiger partial charge in [0.05, 0.1) is 21.4 Å². The van der Waals surface area contributed by atoms with Crippen molar-refractivity contribution in [1.29, 1.82) is 0 Å². The summed E-state index contributed by atoms with van der Waals surface area (Å²) in [4.78, 5) is 15.0. The van der Waals surface area contributed by atoms with Crippen molar-refractivity contribution in [2.24, 2.45) is 0 Å². The molecule has 12 aromatic rings. The summed E-state index contributed by atoms with van der Waals surface area (Å²) in [5.74, 6) is 1.98. The van der Waals surface area contributed by atoms with E-state index in [1.807, 2.05) is 83.3 Å². The SMILES string of the molecule is c1ccc(-c2nc(-c3ccccc3)nc(-c3ccc4sc5c(-c6cccc7c6sc6c(-n8c9ccccc9c9ccccc98)cccc67)cccc5c4c3)n2)cc1. The van der Waals surface area contributed by atoms with Gasteiger partial charge in [-0.05, 0) is 36.4 Å². The minimum atomic E-state index is 0.661. The molecule has 0 atom stereocenters. The van der Waals surface area contributed by atoms with E-state index in [9.17, 15) is 0 Å². The van der Waals surface area contributed by atoms with E-state index in [0.717, 1.165) is 16.7 Å². The van der Waals surface area contributed by atoms with Crippen LogP contribution in [0.1, 0.15) is 0 Å². The number of para-hydroxylation sites is 2. The van der Waals surface area contributed by atoms with Crippen LogP contribution in [0.2, 0.25) is 0 Å². The van der Waals surface area contributed by atoms with Gasteiger partial charge >= 0.3 is 0 Å². The Bertz CT molecular complexity index is 3410. The molecule has 12 rings (SSSR count). The Morgan fingerprint density at radius 2 is 0.807 bits per heavy atom. The molecule has 4 aromatic heterocycles. The molecule has 0 saturated carbocycles. The van der Waals surface area contributed by atoms with Gasteiger partial charge in [-0.3, -0.25) is 0 Å². The zero-order valence-electron chi connectivity index (χ0n) is 30.4. The van der Waals surface area contributed by atoms with Gasteiger partial charge < -0.3 is 4.57 Å². The van der Waals surface area contributed by atoms with Gasteiger partial charge in [0.1, 0.15) is 0 Å². The standard InChI is InChI=1S/C51H30N4S2/c1-3-14-31(15-4-1)49-52-50(32-16-5-2-6-17-32)54-51(53-49)33-28-29-45-41(30-33)40-23-12-20-36(46(40)56-45)37-21-11-22-38-39-24-13-27-44(48(39)57-47(37)38)55-42-25-9-7-18-34(42)35-19-8-10-26-43(35)55/h1-30H. The number of rotatable bonds is 5. The third-order valence-electron chi connectivity index (χ3n) is 11.1. The summed E-state index contributed by atoms with van der Waals surface area (Å²) in [6.45, 7) is 0. The van der Waals surface area contributed by atoms with Crippen LogP contribution in [-0.4, -0.2) is 19.5 Å². The zero-order valence-corrected chi connectivity index (χ0v) is 32.1. The van der Waals surface area contributed by atoms with Crippen LogP contribution in [0.25, 0.3) is 113 Å². The number of hydrogen-bond acceptors (Lipinski definition) is 5. The predicted octanol–water partition coefficient (Wildman–Crippen LogP) is 14.4. The van der Waals surface area contributed by atoms with Crippen molar-refractivity contribution in [3.8, 4) is 51.0 Å². The van der Waals surface area contributed by atoms with E-state index in [-0.39, 0.29) is 0 Å². The van der Waals surface area contributed by atoms with E-state index in [4.69, 9.17) is 15.0 Å². The van der Waals surface area contributed by atoms with Crippen molar-refractivity contribution >= 4 is 84.8 Å². The number of aromatic nitrogens is 4. The van der Waals surface area contributed by atoms with Gasteiger partial charge in [-0.1, -0.05) is 146 Å². The number of fused-ring (bicyclic) bond motifs is 9. The van der Waals surface area contributed by atoms with Crippen LogP contribution in [0.15, 0.2) is 182 Å². The van der Waals surface area contributed by atoms with Crippen LogP contribution in [0.4, 0.5) is 0 Å². The van der Waals surface area contributed by atoms with Crippen LogP contribution in [-0.2, 0) is 0 Å². The average Bonchev–Trinajstić information content (AvgIpc) is 3.96. The highest BCUT2D eigenvalue weighted by atomic mass is 32.1. The molecule has 0 saturated heterocycles. The summed E-state index contributed by atoms with van der Waals surface area (Å²) in [6.07, 6.45) is 0. The first-order chi connectivity index (χ1) is 28.3. The van der Waals surface area contributed by atoms with E-state index in [2.05, 4.69) is 126 Å². The molecule has 0 amide bonds. The highest BCUT2D eigenvalue weighted by molar-refractivity contribution is 7.27. The minimum Gasteiger partial charge on any atom is -0.308 e. The molecular weight excluding hydrogens is 733 g/mol. The topological polar surface area (TPSA) is 43.6 Å². The van der Waals surface area contributed by atoms with Gasteiger partial charge in [-0.25, -0.2) is 15.0 Å². The van der Waals surface area contributed by atoms with E-state index in [1.54, 1.807) is 0 Å². The second-order valence-electron chi connectivity index (χ2n) is 14.3. The molecule has 6 heteroatoms. The first-order valence-electron chi connectivity index (χ1n) is 19.0. The average molecular weight is 763 g/mol. The molecule has 0 unspecified atom stereocenters. The molecule has 0 N–H and O–H groups in total. The lowest BCUT2D eigenvalue weighted by Crippen LogP contribution is -2.00. The Hall–Kier alpha value is -6.99. The number of thiophene rings is 2. The molecule has 8 aromatic carbocycles. The van der Waals surface area contributed by atoms with Crippen molar-refractivity contribution in [2.75, 3.05) is 0 Å². The molecule has 0 spiro atoms. The normalized spacial score (nSPS) is 11.9. The van der Waals surface area contributed by atoms with Crippen molar-refractivity contribution in [2.45, 2.75) is 0 Å². The summed E-state index contributed by atoms with van der Waals surface area (Å²) >= 11 is 3.75. The van der Waals surface area contributed by atoms with Crippen LogP contribution in [0.5, 0.6) is 0 Å². The van der Waals surface area contributed by atoms with Crippen LogP contribution in [0, 0.1) is 0 Å². The second-order valence-corrected chi connectivity index (χ2v) is 16.4.